The van der Waals surface area contributed by atoms with Crippen LogP contribution in [-0.4, -0.2) is 54.6 Å². The average molecular weight is 220 g/mol. The Bertz CT molecular complexity index is 136. The number of aliphatic hydroxyl groups excluding tert-OH is 2. The lowest BCUT2D eigenvalue weighted by molar-refractivity contribution is -0.0904. The van der Waals surface area contributed by atoms with Crippen molar-refractivity contribution >= 4 is 0 Å². The Labute approximate surface area is 90.3 Å². The molecule has 0 bridgehead atoms. The molecule has 0 spiro atoms. The zero-order valence-electron chi connectivity index (χ0n) is 8.84. The summed E-state index contributed by atoms with van der Waals surface area (Å²) >= 11 is 0. The van der Waals surface area contributed by atoms with Crippen molar-refractivity contribution in [3.05, 3.63) is 25.3 Å². The van der Waals surface area contributed by atoms with E-state index in [1.54, 1.807) is 12.2 Å². The van der Waals surface area contributed by atoms with Crippen LogP contribution in [0.5, 0.6) is 0 Å². The first-order valence-electron chi connectivity index (χ1n) is 4.53. The van der Waals surface area contributed by atoms with Gasteiger partial charge < -0.3 is 24.8 Å². The third-order valence-electron chi connectivity index (χ3n) is 0.974. The minimum absolute atomic E-state index is 0.0496. The van der Waals surface area contributed by atoms with Crippen molar-refractivity contribution < 1.29 is 24.8 Å². The van der Waals surface area contributed by atoms with Crippen molar-refractivity contribution in [2.24, 2.45) is 0 Å². The fourth-order valence-electron chi connectivity index (χ4n) is 0.488. The van der Waals surface area contributed by atoms with Crippen molar-refractivity contribution in [1.29, 1.82) is 0 Å². The first-order chi connectivity index (χ1) is 7.18. The van der Waals surface area contributed by atoms with Crippen LogP contribution in [0.2, 0.25) is 0 Å². The highest BCUT2D eigenvalue weighted by Gasteiger charge is 1.92. The molecule has 0 saturated heterocycles. The van der Waals surface area contributed by atoms with Crippen LogP contribution >= 0.6 is 0 Å². The second kappa shape index (κ2) is 15.7. The van der Waals surface area contributed by atoms with Gasteiger partial charge in [0, 0.05) is 0 Å². The van der Waals surface area contributed by atoms with Crippen LogP contribution in [0.4, 0.5) is 0 Å². The third-order valence-corrected chi connectivity index (χ3v) is 0.974. The summed E-state index contributed by atoms with van der Waals surface area (Å²) in [7, 11) is 0. The molecule has 0 aliphatic rings. The largest absolute Gasteiger partial charge is 0.394 e. The molecule has 0 amide bonds. The van der Waals surface area contributed by atoms with Crippen molar-refractivity contribution in [2.45, 2.75) is 6.29 Å². The van der Waals surface area contributed by atoms with E-state index in [1.165, 1.54) is 0 Å². The van der Waals surface area contributed by atoms with E-state index in [2.05, 4.69) is 17.9 Å². The number of hydrogen-bond donors (Lipinski definition) is 3. The Hall–Kier alpha value is -0.720. The monoisotopic (exact) mass is 220 g/mol. The van der Waals surface area contributed by atoms with Gasteiger partial charge in [0.2, 0.25) is 0 Å². The molecule has 0 aliphatic carbocycles. The molecule has 0 aromatic carbocycles. The van der Waals surface area contributed by atoms with Gasteiger partial charge in [0.05, 0.1) is 33.0 Å². The first kappa shape index (κ1) is 16.7. The van der Waals surface area contributed by atoms with Crippen LogP contribution in [0.3, 0.4) is 0 Å². The van der Waals surface area contributed by atoms with E-state index >= 15 is 0 Å². The molecule has 0 atom stereocenters. The van der Waals surface area contributed by atoms with Gasteiger partial charge in [0.25, 0.3) is 0 Å². The fourth-order valence-corrected chi connectivity index (χ4v) is 0.488. The molecule has 0 aromatic rings. The van der Waals surface area contributed by atoms with Gasteiger partial charge in [0.1, 0.15) is 0 Å². The minimum atomic E-state index is -1.37. The third kappa shape index (κ3) is 24.6. The molecular weight excluding hydrogens is 200 g/mol. The van der Waals surface area contributed by atoms with E-state index in [-0.39, 0.29) is 13.2 Å². The van der Waals surface area contributed by atoms with Crippen molar-refractivity contribution in [1.82, 2.24) is 0 Å². The van der Waals surface area contributed by atoms with Gasteiger partial charge in [-0.2, -0.15) is 0 Å². The van der Waals surface area contributed by atoms with Crippen molar-refractivity contribution in [3.63, 3.8) is 0 Å². The SMILES string of the molecule is C=CCOCC(O)O.C=CCOCCO. The Balaban J connectivity index is 0. The number of ether oxygens (including phenoxy) is 2. The van der Waals surface area contributed by atoms with Gasteiger partial charge in [-0.25, -0.2) is 0 Å². The summed E-state index contributed by atoms with van der Waals surface area (Å²) in [5.41, 5.74) is 0. The second-order valence-corrected chi connectivity index (χ2v) is 2.39. The molecule has 0 radical (unpaired) electrons. The first-order valence-corrected chi connectivity index (χ1v) is 4.53. The average Bonchev–Trinajstić information content (AvgIpc) is 2.20. The molecule has 0 saturated carbocycles. The molecule has 0 heterocycles. The van der Waals surface area contributed by atoms with E-state index in [0.29, 0.717) is 19.8 Å². The predicted octanol–water partition coefficient (Wildman–Crippen LogP) is -0.319. The molecule has 0 rings (SSSR count). The summed E-state index contributed by atoms with van der Waals surface area (Å²) in [6, 6.07) is 0. The van der Waals surface area contributed by atoms with Gasteiger partial charge in [-0.1, -0.05) is 12.2 Å². The lowest BCUT2D eigenvalue weighted by Crippen LogP contribution is -2.13. The minimum Gasteiger partial charge on any atom is -0.394 e. The topological polar surface area (TPSA) is 79.2 Å². The van der Waals surface area contributed by atoms with E-state index < -0.39 is 6.29 Å². The smallest absolute Gasteiger partial charge is 0.175 e. The fraction of sp³-hybridized carbons (Fsp3) is 0.600. The van der Waals surface area contributed by atoms with Crippen LogP contribution in [-0.2, 0) is 9.47 Å². The number of rotatable bonds is 8. The molecule has 0 unspecified atom stereocenters. The quantitative estimate of drug-likeness (QED) is 0.297. The normalized spacial score (nSPS) is 9.33. The highest BCUT2D eigenvalue weighted by molar-refractivity contribution is 4.63. The predicted molar refractivity (Wildman–Crippen MR) is 57.3 cm³/mol. The maximum absolute atomic E-state index is 8.18. The zero-order chi connectivity index (χ0) is 11.9. The van der Waals surface area contributed by atoms with Crippen molar-refractivity contribution in [3.8, 4) is 0 Å². The molecule has 15 heavy (non-hydrogen) atoms. The summed E-state index contributed by atoms with van der Waals surface area (Å²) in [5.74, 6) is 0. The van der Waals surface area contributed by atoms with E-state index in [9.17, 15) is 0 Å². The van der Waals surface area contributed by atoms with E-state index in [1.807, 2.05) is 0 Å². The highest BCUT2D eigenvalue weighted by Crippen LogP contribution is 1.78. The summed E-state index contributed by atoms with van der Waals surface area (Å²) in [6.07, 6.45) is 1.83. The van der Waals surface area contributed by atoms with Crippen LogP contribution in [0.1, 0.15) is 0 Å². The van der Waals surface area contributed by atoms with Crippen molar-refractivity contribution in [2.75, 3.05) is 33.0 Å². The number of hydrogen-bond acceptors (Lipinski definition) is 5. The Kier molecular flexibility index (Phi) is 17.5. The van der Waals surface area contributed by atoms with Gasteiger partial charge in [-0.15, -0.1) is 13.2 Å². The zero-order valence-corrected chi connectivity index (χ0v) is 8.84. The molecule has 5 heteroatoms. The lowest BCUT2D eigenvalue weighted by atomic mass is 10.6. The molecule has 0 aromatic heterocycles. The standard InChI is InChI=1S/C5H10O3.C5H10O2/c1-2-3-8-4-5(6)7;1-2-4-7-5-3-6/h2,5-7H,1,3-4H2;2,6H,1,3-5H2. The molecule has 0 aliphatic heterocycles. The van der Waals surface area contributed by atoms with Gasteiger partial charge in [-0.3, -0.25) is 0 Å². The highest BCUT2D eigenvalue weighted by atomic mass is 16.5. The van der Waals surface area contributed by atoms with Gasteiger partial charge in [-0.05, 0) is 0 Å². The number of aliphatic hydroxyl groups is 3. The molecule has 0 fully saturated rings. The van der Waals surface area contributed by atoms with Crippen LogP contribution in [0.25, 0.3) is 0 Å². The Morgan fingerprint density at radius 3 is 2.00 bits per heavy atom. The Morgan fingerprint density at radius 1 is 1.07 bits per heavy atom. The summed E-state index contributed by atoms with van der Waals surface area (Å²) in [6.45, 7) is 8.13. The van der Waals surface area contributed by atoms with Crippen LogP contribution in [0.15, 0.2) is 25.3 Å². The molecule has 5 nitrogen and oxygen atoms in total. The Morgan fingerprint density at radius 2 is 1.60 bits per heavy atom. The summed E-state index contributed by atoms with van der Waals surface area (Å²) in [5, 5.41) is 24.5. The van der Waals surface area contributed by atoms with Crippen LogP contribution in [0, 0.1) is 0 Å². The molecule has 3 N–H and O–H groups in total. The summed E-state index contributed by atoms with van der Waals surface area (Å²) < 4.78 is 9.39. The van der Waals surface area contributed by atoms with E-state index in [0.717, 1.165) is 0 Å². The molecular formula is C10H20O5. The van der Waals surface area contributed by atoms with E-state index in [4.69, 9.17) is 20.1 Å². The lowest BCUT2D eigenvalue weighted by Gasteiger charge is -2.00. The van der Waals surface area contributed by atoms with Crippen LogP contribution < -0.4 is 0 Å². The molecule has 90 valence electrons. The maximum atomic E-state index is 8.18. The summed E-state index contributed by atoms with van der Waals surface area (Å²) in [4.78, 5) is 0. The van der Waals surface area contributed by atoms with Gasteiger partial charge in [0.15, 0.2) is 6.29 Å². The second-order valence-electron chi connectivity index (χ2n) is 2.39. The van der Waals surface area contributed by atoms with Gasteiger partial charge >= 0.3 is 0 Å². The maximum Gasteiger partial charge on any atom is 0.175 e.